The lowest BCUT2D eigenvalue weighted by Gasteiger charge is -2.11. The van der Waals surface area contributed by atoms with Gasteiger partial charge in [0.15, 0.2) is 5.82 Å². The van der Waals surface area contributed by atoms with Gasteiger partial charge in [0, 0.05) is 11.0 Å². The highest BCUT2D eigenvalue weighted by atomic mass is 32.2. The standard InChI is InChI=1S/C17H14F2N4S/c1-10-2-5-12(6-3-10)24-17-15(20)16(21-9-22-17)23-14-7-4-11(18)8-13(14)19/h2-9H,20H2,1H3,(H,21,22,23). The van der Waals surface area contributed by atoms with Gasteiger partial charge in [-0.2, -0.15) is 0 Å². The van der Waals surface area contributed by atoms with Crippen LogP contribution in [0.1, 0.15) is 5.56 Å². The molecule has 1 aromatic heterocycles. The maximum Gasteiger partial charge on any atom is 0.158 e. The van der Waals surface area contributed by atoms with Crippen LogP contribution >= 0.6 is 11.8 Å². The first kappa shape index (κ1) is 16.2. The summed E-state index contributed by atoms with van der Waals surface area (Å²) in [6, 6.07) is 11.2. The molecule has 0 bridgehead atoms. The second-order valence-electron chi connectivity index (χ2n) is 5.11. The van der Waals surface area contributed by atoms with E-state index in [1.807, 2.05) is 31.2 Å². The third-order valence-electron chi connectivity index (χ3n) is 3.27. The first-order valence-corrected chi connectivity index (χ1v) is 7.91. The van der Waals surface area contributed by atoms with Crippen LogP contribution in [-0.2, 0) is 0 Å². The fourth-order valence-electron chi connectivity index (χ4n) is 2.00. The van der Waals surface area contributed by atoms with E-state index in [-0.39, 0.29) is 11.5 Å². The van der Waals surface area contributed by atoms with Crippen molar-refractivity contribution >= 4 is 29.0 Å². The number of nitrogens with two attached hydrogens (primary N) is 1. The van der Waals surface area contributed by atoms with E-state index >= 15 is 0 Å². The Morgan fingerprint density at radius 3 is 2.50 bits per heavy atom. The minimum atomic E-state index is -0.722. The molecule has 0 saturated heterocycles. The van der Waals surface area contributed by atoms with E-state index in [0.717, 1.165) is 22.6 Å². The number of benzene rings is 2. The second kappa shape index (κ2) is 6.84. The number of halogens is 2. The minimum absolute atomic E-state index is 0.0908. The molecular weight excluding hydrogens is 330 g/mol. The Labute approximate surface area is 142 Å². The van der Waals surface area contributed by atoms with Crippen molar-refractivity contribution in [3.8, 4) is 0 Å². The quantitative estimate of drug-likeness (QED) is 0.680. The smallest absolute Gasteiger partial charge is 0.158 e. The molecule has 3 N–H and O–H groups in total. The van der Waals surface area contributed by atoms with Crippen molar-refractivity contribution in [1.29, 1.82) is 0 Å². The molecule has 0 amide bonds. The SMILES string of the molecule is Cc1ccc(Sc2ncnc(Nc3ccc(F)cc3F)c2N)cc1. The van der Waals surface area contributed by atoms with Gasteiger partial charge in [-0.3, -0.25) is 0 Å². The first-order chi connectivity index (χ1) is 11.5. The van der Waals surface area contributed by atoms with Crippen LogP contribution in [0.5, 0.6) is 0 Å². The summed E-state index contributed by atoms with van der Waals surface area (Å²) in [5, 5.41) is 3.33. The third kappa shape index (κ3) is 3.62. The van der Waals surface area contributed by atoms with Gasteiger partial charge < -0.3 is 11.1 Å². The number of nitrogens with zero attached hydrogens (tertiary/aromatic N) is 2. The summed E-state index contributed by atoms with van der Waals surface area (Å²) in [7, 11) is 0. The molecule has 0 atom stereocenters. The minimum Gasteiger partial charge on any atom is -0.394 e. The summed E-state index contributed by atoms with van der Waals surface area (Å²) in [6.45, 7) is 2.01. The highest BCUT2D eigenvalue weighted by molar-refractivity contribution is 7.99. The summed E-state index contributed by atoms with van der Waals surface area (Å²) in [5.74, 6) is -1.10. The fraction of sp³-hybridized carbons (Fsp3) is 0.0588. The molecule has 122 valence electrons. The van der Waals surface area contributed by atoms with Gasteiger partial charge in [-0.15, -0.1) is 0 Å². The van der Waals surface area contributed by atoms with Crippen molar-refractivity contribution in [1.82, 2.24) is 9.97 Å². The van der Waals surface area contributed by atoms with Crippen molar-refractivity contribution in [3.63, 3.8) is 0 Å². The van der Waals surface area contributed by atoms with Gasteiger partial charge in [0.1, 0.15) is 28.7 Å². The molecule has 4 nitrogen and oxygen atoms in total. The lowest BCUT2D eigenvalue weighted by molar-refractivity contribution is 0.586. The van der Waals surface area contributed by atoms with Crippen molar-refractivity contribution in [2.24, 2.45) is 0 Å². The van der Waals surface area contributed by atoms with Gasteiger partial charge >= 0.3 is 0 Å². The predicted molar refractivity (Wildman–Crippen MR) is 91.4 cm³/mol. The van der Waals surface area contributed by atoms with Gasteiger partial charge in [0.25, 0.3) is 0 Å². The average Bonchev–Trinajstić information content (AvgIpc) is 2.55. The van der Waals surface area contributed by atoms with Crippen LogP contribution in [0.25, 0.3) is 0 Å². The number of aromatic nitrogens is 2. The Balaban J connectivity index is 1.86. The molecule has 0 radical (unpaired) electrons. The maximum atomic E-state index is 13.8. The molecular formula is C17H14F2N4S. The Bertz CT molecular complexity index is 869. The summed E-state index contributed by atoms with van der Waals surface area (Å²) >= 11 is 1.38. The van der Waals surface area contributed by atoms with Crippen molar-refractivity contribution in [2.75, 3.05) is 11.1 Å². The molecule has 3 rings (SSSR count). The highest BCUT2D eigenvalue weighted by Gasteiger charge is 2.12. The summed E-state index contributed by atoms with van der Waals surface area (Å²) < 4.78 is 26.7. The largest absolute Gasteiger partial charge is 0.394 e. The van der Waals surface area contributed by atoms with Gasteiger partial charge in [-0.25, -0.2) is 18.7 Å². The van der Waals surface area contributed by atoms with Gasteiger partial charge in [-0.1, -0.05) is 29.5 Å². The zero-order valence-electron chi connectivity index (χ0n) is 12.8. The maximum absolute atomic E-state index is 13.8. The Kier molecular flexibility index (Phi) is 4.61. The molecule has 7 heteroatoms. The number of nitrogens with one attached hydrogen (secondary N) is 1. The summed E-state index contributed by atoms with van der Waals surface area (Å²) in [4.78, 5) is 9.18. The summed E-state index contributed by atoms with van der Waals surface area (Å²) in [5.41, 5.74) is 7.63. The highest BCUT2D eigenvalue weighted by Crippen LogP contribution is 2.34. The Hall–Kier alpha value is -2.67. The molecule has 0 aliphatic heterocycles. The molecule has 0 spiro atoms. The van der Waals surface area contributed by atoms with E-state index < -0.39 is 11.6 Å². The lowest BCUT2D eigenvalue weighted by Crippen LogP contribution is -2.03. The molecule has 1 heterocycles. The van der Waals surface area contributed by atoms with Crippen LogP contribution in [0.15, 0.2) is 58.7 Å². The lowest BCUT2D eigenvalue weighted by atomic mass is 10.2. The van der Waals surface area contributed by atoms with Crippen LogP contribution in [0.2, 0.25) is 0 Å². The normalized spacial score (nSPS) is 10.6. The monoisotopic (exact) mass is 344 g/mol. The Morgan fingerprint density at radius 1 is 1.04 bits per heavy atom. The molecule has 0 fully saturated rings. The van der Waals surface area contributed by atoms with Gasteiger partial charge in [0.05, 0.1) is 5.69 Å². The fourth-order valence-corrected chi connectivity index (χ4v) is 2.80. The van der Waals surface area contributed by atoms with Gasteiger partial charge in [0.2, 0.25) is 0 Å². The molecule has 24 heavy (non-hydrogen) atoms. The molecule has 2 aromatic carbocycles. The number of anilines is 3. The van der Waals surface area contributed by atoms with Crippen LogP contribution in [0.4, 0.5) is 26.0 Å². The van der Waals surface area contributed by atoms with Crippen LogP contribution < -0.4 is 11.1 Å². The van der Waals surface area contributed by atoms with E-state index in [2.05, 4.69) is 15.3 Å². The molecule has 0 aliphatic rings. The molecule has 0 aliphatic carbocycles. The van der Waals surface area contributed by atoms with E-state index in [1.165, 1.54) is 24.2 Å². The molecule has 0 unspecified atom stereocenters. The van der Waals surface area contributed by atoms with Crippen LogP contribution in [-0.4, -0.2) is 9.97 Å². The average molecular weight is 344 g/mol. The first-order valence-electron chi connectivity index (χ1n) is 7.10. The van der Waals surface area contributed by atoms with E-state index in [0.29, 0.717) is 10.7 Å². The topological polar surface area (TPSA) is 63.8 Å². The number of hydrogen-bond acceptors (Lipinski definition) is 5. The van der Waals surface area contributed by atoms with Crippen molar-refractivity contribution in [3.05, 3.63) is 66.0 Å². The summed E-state index contributed by atoms with van der Waals surface area (Å²) in [6.07, 6.45) is 1.34. The van der Waals surface area contributed by atoms with E-state index in [4.69, 9.17) is 5.73 Å². The number of hydrogen-bond donors (Lipinski definition) is 2. The van der Waals surface area contributed by atoms with Crippen LogP contribution in [0.3, 0.4) is 0 Å². The second-order valence-corrected chi connectivity index (χ2v) is 6.17. The number of aryl methyl sites for hydroxylation is 1. The van der Waals surface area contributed by atoms with Gasteiger partial charge in [-0.05, 0) is 31.2 Å². The van der Waals surface area contributed by atoms with E-state index in [1.54, 1.807) is 0 Å². The number of rotatable bonds is 4. The third-order valence-corrected chi connectivity index (χ3v) is 4.29. The zero-order chi connectivity index (χ0) is 17.1. The van der Waals surface area contributed by atoms with E-state index in [9.17, 15) is 8.78 Å². The van der Waals surface area contributed by atoms with Crippen molar-refractivity contribution < 1.29 is 8.78 Å². The number of nitrogen functional groups attached to an aromatic ring is 1. The molecule has 0 saturated carbocycles. The predicted octanol–water partition coefficient (Wildman–Crippen LogP) is 4.54. The zero-order valence-corrected chi connectivity index (χ0v) is 13.6. The van der Waals surface area contributed by atoms with Crippen molar-refractivity contribution in [2.45, 2.75) is 16.8 Å². The van der Waals surface area contributed by atoms with Crippen LogP contribution in [0, 0.1) is 18.6 Å². The molecule has 3 aromatic rings. The Morgan fingerprint density at radius 2 is 1.79 bits per heavy atom.